The van der Waals surface area contributed by atoms with Gasteiger partial charge in [-0.25, -0.2) is 9.59 Å². The van der Waals surface area contributed by atoms with E-state index in [1.807, 2.05) is 6.08 Å². The Morgan fingerprint density at radius 2 is 1.19 bits per heavy atom. The zero-order chi connectivity index (χ0) is 19.4. The van der Waals surface area contributed by atoms with Crippen molar-refractivity contribution in [2.24, 2.45) is 0 Å². The van der Waals surface area contributed by atoms with E-state index in [1.165, 1.54) is 0 Å². The van der Waals surface area contributed by atoms with Crippen molar-refractivity contribution in [3.05, 3.63) is 83.9 Å². The maximum Gasteiger partial charge on any atom is 0.335 e. The molecule has 1 aliphatic rings. The minimum Gasteiger partial charge on any atom is -0.478 e. The second kappa shape index (κ2) is 11.6. The topological polar surface area (TPSA) is 115 Å². The standard InChI is InChI=1S/2C7H6O2.C6H10O2/c2*8-7(9)6-4-2-1-3-5-6;7-5-3-1-2-4-6(5)8/h2*1-5H,(H,8,9);1,3,5-8H,2,4H2/t;;5-,6-/m..1/s1. The number of aliphatic hydroxyl groups is 2. The summed E-state index contributed by atoms with van der Waals surface area (Å²) in [5.74, 6) is -1.76. The van der Waals surface area contributed by atoms with Gasteiger partial charge < -0.3 is 20.4 Å². The average Bonchev–Trinajstić information content (AvgIpc) is 2.66. The lowest BCUT2D eigenvalue weighted by atomic mass is 10.0. The summed E-state index contributed by atoms with van der Waals surface area (Å²) in [5, 5.41) is 34.5. The van der Waals surface area contributed by atoms with Crippen molar-refractivity contribution in [1.82, 2.24) is 0 Å². The highest BCUT2D eigenvalue weighted by Gasteiger charge is 2.14. The zero-order valence-corrected chi connectivity index (χ0v) is 14.1. The number of aromatic carboxylic acids is 2. The number of carboxylic acid groups (broad SMARTS) is 2. The van der Waals surface area contributed by atoms with Crippen LogP contribution < -0.4 is 0 Å². The molecule has 0 aliphatic heterocycles. The van der Waals surface area contributed by atoms with Gasteiger partial charge in [0.25, 0.3) is 0 Å². The van der Waals surface area contributed by atoms with Crippen LogP contribution in [0.5, 0.6) is 0 Å². The fourth-order valence-corrected chi connectivity index (χ4v) is 1.96. The van der Waals surface area contributed by atoms with Crippen LogP contribution in [0.1, 0.15) is 33.6 Å². The molecule has 0 spiro atoms. The van der Waals surface area contributed by atoms with Crippen LogP contribution in [-0.2, 0) is 0 Å². The minimum absolute atomic E-state index is 0.331. The van der Waals surface area contributed by atoms with Crippen molar-refractivity contribution in [2.45, 2.75) is 25.0 Å². The molecule has 0 fully saturated rings. The molecule has 6 nitrogen and oxygen atoms in total. The van der Waals surface area contributed by atoms with E-state index in [2.05, 4.69) is 0 Å². The molecule has 3 rings (SSSR count). The summed E-state index contributed by atoms with van der Waals surface area (Å²) >= 11 is 0. The molecule has 6 heteroatoms. The summed E-state index contributed by atoms with van der Waals surface area (Å²) in [6.07, 6.45) is 3.95. The van der Waals surface area contributed by atoms with Gasteiger partial charge in [-0.05, 0) is 37.1 Å². The van der Waals surface area contributed by atoms with Gasteiger partial charge in [0.1, 0.15) is 0 Å². The number of hydrogen-bond acceptors (Lipinski definition) is 4. The molecule has 2 aromatic rings. The van der Waals surface area contributed by atoms with E-state index < -0.39 is 24.1 Å². The largest absolute Gasteiger partial charge is 0.478 e. The van der Waals surface area contributed by atoms with Gasteiger partial charge in [-0.3, -0.25) is 0 Å². The first-order valence-electron chi connectivity index (χ1n) is 8.01. The number of rotatable bonds is 2. The molecule has 26 heavy (non-hydrogen) atoms. The van der Waals surface area contributed by atoms with Crippen molar-refractivity contribution in [1.29, 1.82) is 0 Å². The van der Waals surface area contributed by atoms with E-state index >= 15 is 0 Å². The fraction of sp³-hybridized carbons (Fsp3) is 0.200. The lowest BCUT2D eigenvalue weighted by Crippen LogP contribution is -2.25. The van der Waals surface area contributed by atoms with E-state index in [0.717, 1.165) is 6.42 Å². The van der Waals surface area contributed by atoms with Gasteiger partial charge in [-0.1, -0.05) is 48.6 Å². The van der Waals surface area contributed by atoms with E-state index in [9.17, 15) is 9.59 Å². The third-order valence-electron chi connectivity index (χ3n) is 3.40. The molecule has 2 aromatic carbocycles. The highest BCUT2D eigenvalue weighted by molar-refractivity contribution is 5.87. The summed E-state index contributed by atoms with van der Waals surface area (Å²) < 4.78 is 0. The van der Waals surface area contributed by atoms with Crippen LogP contribution in [0, 0.1) is 0 Å². The van der Waals surface area contributed by atoms with Crippen LogP contribution in [-0.4, -0.2) is 44.6 Å². The second-order valence-corrected chi connectivity index (χ2v) is 5.41. The minimum atomic E-state index is -0.879. The first kappa shape index (κ1) is 21.1. The normalized spacial score (nSPS) is 17.8. The Bertz CT molecular complexity index is 647. The van der Waals surface area contributed by atoms with E-state index in [-0.39, 0.29) is 0 Å². The highest BCUT2D eigenvalue weighted by Crippen LogP contribution is 2.10. The summed E-state index contributed by atoms with van der Waals surface area (Å²) in [4.78, 5) is 20.4. The molecule has 0 amide bonds. The molecular weight excluding hydrogens is 336 g/mol. The van der Waals surface area contributed by atoms with Gasteiger partial charge in [-0.2, -0.15) is 0 Å². The van der Waals surface area contributed by atoms with Crippen LogP contribution in [0.3, 0.4) is 0 Å². The Morgan fingerprint density at radius 3 is 1.42 bits per heavy atom. The van der Waals surface area contributed by atoms with Crippen LogP contribution in [0.4, 0.5) is 0 Å². The number of hydrogen-bond donors (Lipinski definition) is 4. The average molecular weight is 358 g/mol. The van der Waals surface area contributed by atoms with E-state index in [0.29, 0.717) is 17.5 Å². The van der Waals surface area contributed by atoms with Crippen LogP contribution in [0.25, 0.3) is 0 Å². The quantitative estimate of drug-likeness (QED) is 0.614. The smallest absolute Gasteiger partial charge is 0.335 e. The van der Waals surface area contributed by atoms with Gasteiger partial charge in [0.05, 0.1) is 23.3 Å². The Labute approximate surface area is 151 Å². The number of carboxylic acids is 2. The molecule has 0 radical (unpaired) electrons. The van der Waals surface area contributed by atoms with Crippen molar-refractivity contribution in [3.63, 3.8) is 0 Å². The number of allylic oxidation sites excluding steroid dienone is 1. The molecule has 4 N–H and O–H groups in total. The molecule has 138 valence electrons. The molecule has 0 aromatic heterocycles. The highest BCUT2D eigenvalue weighted by atomic mass is 16.4. The molecule has 2 atom stereocenters. The van der Waals surface area contributed by atoms with Gasteiger partial charge in [-0.15, -0.1) is 0 Å². The number of carbonyl (C=O) groups is 2. The summed E-state index contributed by atoms with van der Waals surface area (Å²) in [6, 6.07) is 16.6. The first-order chi connectivity index (χ1) is 12.4. The van der Waals surface area contributed by atoms with Gasteiger partial charge in [0.2, 0.25) is 0 Å². The Morgan fingerprint density at radius 1 is 0.769 bits per heavy atom. The summed E-state index contributed by atoms with van der Waals surface area (Å²) in [7, 11) is 0. The van der Waals surface area contributed by atoms with E-state index in [1.54, 1.807) is 66.7 Å². The van der Waals surface area contributed by atoms with Crippen molar-refractivity contribution >= 4 is 11.9 Å². The monoisotopic (exact) mass is 358 g/mol. The molecule has 0 saturated carbocycles. The second-order valence-electron chi connectivity index (χ2n) is 5.41. The molecule has 0 bridgehead atoms. The lowest BCUT2D eigenvalue weighted by molar-refractivity contribution is 0.0389. The molecule has 1 aliphatic carbocycles. The van der Waals surface area contributed by atoms with Gasteiger partial charge in [0, 0.05) is 0 Å². The molecule has 0 unspecified atom stereocenters. The fourth-order valence-electron chi connectivity index (χ4n) is 1.96. The van der Waals surface area contributed by atoms with E-state index in [4.69, 9.17) is 20.4 Å². The van der Waals surface area contributed by atoms with Crippen molar-refractivity contribution in [3.8, 4) is 0 Å². The van der Waals surface area contributed by atoms with Crippen LogP contribution in [0.2, 0.25) is 0 Å². The van der Waals surface area contributed by atoms with Crippen LogP contribution >= 0.6 is 0 Å². The Balaban J connectivity index is 0.000000195. The summed E-state index contributed by atoms with van der Waals surface area (Å²) in [5.41, 5.74) is 0.662. The Hall–Kier alpha value is -2.96. The van der Waals surface area contributed by atoms with Crippen molar-refractivity contribution < 1.29 is 30.0 Å². The third kappa shape index (κ3) is 8.23. The molecule has 0 saturated heterocycles. The maximum absolute atomic E-state index is 10.2. The third-order valence-corrected chi connectivity index (χ3v) is 3.40. The van der Waals surface area contributed by atoms with Gasteiger partial charge >= 0.3 is 11.9 Å². The maximum atomic E-state index is 10.2. The first-order valence-corrected chi connectivity index (χ1v) is 8.01. The lowest BCUT2D eigenvalue weighted by Gasteiger charge is -2.16. The number of benzene rings is 2. The Kier molecular flexibility index (Phi) is 9.38. The summed E-state index contributed by atoms with van der Waals surface area (Å²) in [6.45, 7) is 0. The predicted molar refractivity (Wildman–Crippen MR) is 97.2 cm³/mol. The SMILES string of the molecule is O=C(O)c1ccccc1.O=C(O)c1ccccc1.O[C@@H]1C=CCC[C@H]1O. The predicted octanol–water partition coefficient (Wildman–Crippen LogP) is 2.83. The van der Waals surface area contributed by atoms with Gasteiger partial charge in [0.15, 0.2) is 0 Å². The molecular formula is C20H22O6. The zero-order valence-electron chi connectivity index (χ0n) is 14.1. The molecule has 0 heterocycles. The van der Waals surface area contributed by atoms with Crippen LogP contribution in [0.15, 0.2) is 72.8 Å². The number of aliphatic hydroxyl groups excluding tert-OH is 2. The van der Waals surface area contributed by atoms with Crippen molar-refractivity contribution in [2.75, 3.05) is 0 Å².